The lowest BCUT2D eigenvalue weighted by Crippen LogP contribution is -2.07. The lowest BCUT2D eigenvalue weighted by molar-refractivity contribution is 0.482. The first-order chi connectivity index (χ1) is 9.18. The molecule has 2 aromatic carbocycles. The van der Waals surface area contributed by atoms with E-state index in [1.165, 1.54) is 36.4 Å². The lowest BCUT2D eigenvalue weighted by atomic mass is 9.94. The van der Waals surface area contributed by atoms with Crippen LogP contribution in [-0.2, 0) is 20.2 Å². The van der Waals surface area contributed by atoms with Gasteiger partial charge in [-0.25, -0.2) is 0 Å². The molecule has 0 saturated carbocycles. The van der Waals surface area contributed by atoms with Crippen LogP contribution in [0.3, 0.4) is 0 Å². The fraction of sp³-hybridized carbons (Fsp3) is 0. The van der Waals surface area contributed by atoms with Gasteiger partial charge in [-0.05, 0) is 23.3 Å². The number of rotatable bonds is 2. The van der Waals surface area contributed by atoms with E-state index in [2.05, 4.69) is 0 Å². The van der Waals surface area contributed by atoms with Gasteiger partial charge in [0.2, 0.25) is 0 Å². The van der Waals surface area contributed by atoms with Crippen LogP contribution in [0.25, 0.3) is 22.3 Å². The summed E-state index contributed by atoms with van der Waals surface area (Å²) in [5.41, 5.74) is 0.903. The van der Waals surface area contributed by atoms with Gasteiger partial charge < -0.3 is 0 Å². The molecule has 20 heavy (non-hydrogen) atoms. The summed E-state index contributed by atoms with van der Waals surface area (Å²) in [6.45, 7) is 0. The van der Waals surface area contributed by atoms with Gasteiger partial charge in [0.05, 0.1) is 0 Å². The first-order valence-electron chi connectivity index (χ1n) is 5.42. The van der Waals surface area contributed by atoms with Crippen molar-refractivity contribution in [2.45, 2.75) is 9.79 Å². The summed E-state index contributed by atoms with van der Waals surface area (Å²) in [5, 5.41) is 0. The maximum Gasteiger partial charge on any atom is 0.295 e. The molecule has 4 bridgehead atoms. The van der Waals surface area contributed by atoms with Crippen LogP contribution in [0, 0.1) is 0 Å². The molecule has 4 aliphatic rings. The number of hydrogen-bond acceptors (Lipinski definition) is 4. The molecule has 0 radical (unpaired) electrons. The Hall–Kier alpha value is -1.74. The molecule has 0 aromatic heterocycles. The van der Waals surface area contributed by atoms with Crippen LogP contribution >= 0.6 is 0 Å². The molecule has 0 unspecified atom stereocenters. The molecule has 0 atom stereocenters. The van der Waals surface area contributed by atoms with Gasteiger partial charge in [0.1, 0.15) is 9.79 Å². The molecular weight excluding hydrogens is 304 g/mol. The molecule has 0 amide bonds. The third-order valence-corrected chi connectivity index (χ3v) is 4.93. The van der Waals surface area contributed by atoms with Crippen molar-refractivity contribution in [3.05, 3.63) is 36.4 Å². The van der Waals surface area contributed by atoms with Gasteiger partial charge in [-0.15, -0.1) is 0 Å². The van der Waals surface area contributed by atoms with E-state index >= 15 is 0 Å². The van der Waals surface area contributed by atoms with Crippen LogP contribution in [-0.4, -0.2) is 25.9 Å². The first-order valence-corrected chi connectivity index (χ1v) is 8.30. The van der Waals surface area contributed by atoms with Crippen LogP contribution in [0.1, 0.15) is 0 Å². The SMILES string of the molecule is O=S(=O)(O)c1cc2ccc1-c1ccc-2c(S(=O)(=O)O)c1. The Morgan fingerprint density at radius 3 is 1.30 bits per heavy atom. The van der Waals surface area contributed by atoms with E-state index in [1.807, 2.05) is 0 Å². The largest absolute Gasteiger partial charge is 0.295 e. The maximum atomic E-state index is 11.4. The third-order valence-electron chi connectivity index (χ3n) is 3.14. The van der Waals surface area contributed by atoms with Crippen LogP contribution in [0.4, 0.5) is 0 Å². The summed E-state index contributed by atoms with van der Waals surface area (Å²) in [4.78, 5) is -0.588. The van der Waals surface area contributed by atoms with Crippen molar-refractivity contribution < 1.29 is 25.9 Å². The van der Waals surface area contributed by atoms with E-state index in [0.29, 0.717) is 0 Å². The summed E-state index contributed by atoms with van der Waals surface area (Å²) in [7, 11) is -8.86. The summed E-state index contributed by atoms with van der Waals surface area (Å²) < 4.78 is 64.0. The first kappa shape index (κ1) is 13.3. The van der Waals surface area contributed by atoms with Gasteiger partial charge in [0.15, 0.2) is 0 Å². The summed E-state index contributed by atoms with van der Waals surface area (Å²) >= 11 is 0. The van der Waals surface area contributed by atoms with Gasteiger partial charge in [0.25, 0.3) is 20.2 Å². The van der Waals surface area contributed by atoms with Crippen molar-refractivity contribution in [1.29, 1.82) is 0 Å². The van der Waals surface area contributed by atoms with E-state index in [-0.39, 0.29) is 32.0 Å². The fourth-order valence-corrected chi connectivity index (χ4v) is 3.76. The van der Waals surface area contributed by atoms with Gasteiger partial charge in [0, 0.05) is 11.1 Å². The molecule has 0 spiro atoms. The Labute approximate surface area is 115 Å². The minimum absolute atomic E-state index is 0.174. The van der Waals surface area contributed by atoms with E-state index in [0.717, 1.165) is 0 Å². The van der Waals surface area contributed by atoms with Gasteiger partial charge in [-0.2, -0.15) is 16.8 Å². The predicted molar refractivity (Wildman–Crippen MR) is 70.5 cm³/mol. The molecule has 0 saturated heterocycles. The third kappa shape index (κ3) is 1.93. The van der Waals surface area contributed by atoms with Crippen LogP contribution in [0.5, 0.6) is 0 Å². The Bertz CT molecular complexity index is 862. The Kier molecular flexibility index (Phi) is 2.58. The maximum absolute atomic E-state index is 11.4. The van der Waals surface area contributed by atoms with Gasteiger partial charge >= 0.3 is 0 Å². The summed E-state index contributed by atoms with van der Waals surface area (Å²) in [6.07, 6.45) is 0. The Balaban J connectivity index is 2.46. The summed E-state index contributed by atoms with van der Waals surface area (Å²) in [5.74, 6) is 0. The highest BCUT2D eigenvalue weighted by Crippen LogP contribution is 2.39. The highest BCUT2D eigenvalue weighted by Gasteiger charge is 2.25. The Morgan fingerprint density at radius 2 is 1.00 bits per heavy atom. The molecule has 104 valence electrons. The molecule has 6 nitrogen and oxygen atoms in total. The second kappa shape index (κ2) is 3.89. The van der Waals surface area contributed by atoms with Crippen molar-refractivity contribution in [1.82, 2.24) is 0 Å². The second-order valence-electron chi connectivity index (χ2n) is 4.37. The second-order valence-corrected chi connectivity index (χ2v) is 7.15. The molecule has 0 fully saturated rings. The fourth-order valence-electron chi connectivity index (χ4n) is 2.28. The molecule has 0 heterocycles. The molecule has 2 aromatic rings. The molecule has 6 rings (SSSR count). The molecular formula is C12H8O6S2. The minimum atomic E-state index is -4.43. The van der Waals surface area contributed by atoms with Crippen molar-refractivity contribution in [2.24, 2.45) is 0 Å². The molecule has 2 N–H and O–H groups in total. The van der Waals surface area contributed by atoms with Crippen LogP contribution in [0.2, 0.25) is 0 Å². The quantitative estimate of drug-likeness (QED) is 0.699. The van der Waals surface area contributed by atoms with Crippen LogP contribution in [0.15, 0.2) is 46.2 Å². The monoisotopic (exact) mass is 312 g/mol. The molecule has 0 aliphatic heterocycles. The summed E-state index contributed by atoms with van der Waals surface area (Å²) in [6, 6.07) is 8.38. The zero-order valence-electron chi connectivity index (χ0n) is 9.81. The Morgan fingerprint density at radius 1 is 0.650 bits per heavy atom. The smallest absolute Gasteiger partial charge is 0.282 e. The van der Waals surface area contributed by atoms with E-state index < -0.39 is 20.2 Å². The van der Waals surface area contributed by atoms with Crippen molar-refractivity contribution in [3.8, 4) is 22.3 Å². The van der Waals surface area contributed by atoms with Crippen LogP contribution < -0.4 is 0 Å². The standard InChI is InChI=1S/C12H8O6S2/c13-19(14,15)11-5-7-1-3-9(11)8-2-4-10(7)12(6-8)20(16,17)18/h1-6H,(H,13,14,15)(H,16,17,18). The number of benzene rings is 2. The lowest BCUT2D eigenvalue weighted by Gasteiger charge is -2.17. The predicted octanol–water partition coefficient (Wildman–Crippen LogP) is 1.83. The normalized spacial score (nSPS) is 13.3. The molecule has 8 heteroatoms. The van der Waals surface area contributed by atoms with Crippen molar-refractivity contribution >= 4 is 20.2 Å². The molecule has 4 aliphatic carbocycles. The zero-order valence-corrected chi connectivity index (χ0v) is 11.4. The highest BCUT2D eigenvalue weighted by molar-refractivity contribution is 7.86. The van der Waals surface area contributed by atoms with Gasteiger partial charge in [-0.3, -0.25) is 9.11 Å². The average Bonchev–Trinajstić information content (AvgIpc) is 2.30. The zero-order chi connectivity index (χ0) is 14.7. The van der Waals surface area contributed by atoms with E-state index in [4.69, 9.17) is 0 Å². The van der Waals surface area contributed by atoms with Crippen molar-refractivity contribution in [2.75, 3.05) is 0 Å². The minimum Gasteiger partial charge on any atom is -0.282 e. The van der Waals surface area contributed by atoms with Gasteiger partial charge in [-0.1, -0.05) is 24.3 Å². The highest BCUT2D eigenvalue weighted by atomic mass is 32.2. The van der Waals surface area contributed by atoms with Crippen molar-refractivity contribution in [3.63, 3.8) is 0 Å². The topological polar surface area (TPSA) is 109 Å². The number of hydrogen-bond donors (Lipinski definition) is 2. The van der Waals surface area contributed by atoms with E-state index in [1.54, 1.807) is 0 Å². The van der Waals surface area contributed by atoms with E-state index in [9.17, 15) is 25.9 Å². The average molecular weight is 312 g/mol.